The van der Waals surface area contributed by atoms with Gasteiger partial charge in [0.1, 0.15) is 24.2 Å². The molecule has 1 unspecified atom stereocenters. The number of benzene rings is 2. The molecule has 2 heterocycles. The quantitative estimate of drug-likeness (QED) is 0.551. The van der Waals surface area contributed by atoms with Crippen LogP contribution in [0.3, 0.4) is 0 Å². The van der Waals surface area contributed by atoms with Gasteiger partial charge in [-0.25, -0.2) is 8.78 Å². The zero-order valence-electron chi connectivity index (χ0n) is 17.6. The average molecular weight is 451 g/mol. The Labute approximate surface area is 184 Å². The minimum Gasteiger partial charge on any atom is -0.489 e. The number of carbonyl (C=O) groups excluding carboxylic acids is 1. The number of alkyl halides is 2. The van der Waals surface area contributed by atoms with Gasteiger partial charge in [0.25, 0.3) is 11.8 Å². The molecule has 2 N–H and O–H groups in total. The van der Waals surface area contributed by atoms with Gasteiger partial charge in [-0.05, 0) is 18.6 Å². The van der Waals surface area contributed by atoms with Crippen LogP contribution in [-0.2, 0) is 6.61 Å². The summed E-state index contributed by atoms with van der Waals surface area (Å²) in [6, 6.07) is 11.5. The van der Waals surface area contributed by atoms with Gasteiger partial charge in [0.2, 0.25) is 0 Å². The zero-order valence-corrected chi connectivity index (χ0v) is 18.4. The van der Waals surface area contributed by atoms with Crippen LogP contribution in [0.1, 0.15) is 35.5 Å². The summed E-state index contributed by atoms with van der Waals surface area (Å²) in [5.74, 6) is -2.89. The Morgan fingerprint density at radius 1 is 1.29 bits per heavy atom. The third-order valence-corrected chi connectivity index (χ3v) is 5.17. The Morgan fingerprint density at radius 2 is 2.00 bits per heavy atom. The summed E-state index contributed by atoms with van der Waals surface area (Å²) in [7, 11) is 0. The lowest BCUT2D eigenvalue weighted by atomic mass is 10.1. The second kappa shape index (κ2) is 9.66. The van der Waals surface area contributed by atoms with Crippen molar-refractivity contribution in [3.05, 3.63) is 64.4 Å². The molecule has 1 aromatic heterocycles. The van der Waals surface area contributed by atoms with Crippen molar-refractivity contribution in [2.45, 2.75) is 39.3 Å². The normalized spacial score (nSPS) is 17.2. The predicted molar refractivity (Wildman–Crippen MR) is 117 cm³/mol. The average Bonchev–Trinajstić information content (AvgIpc) is 3.27. The van der Waals surface area contributed by atoms with Crippen LogP contribution in [0.5, 0.6) is 5.75 Å². The standard InChI is InChI=1S/C21H19ClF2N2O3.C2H6/c1-12-18(20(27)26-17-9-25-11-21(17,23)24)15-7-14(8-16(22)19(15)29-12)28-10-13-5-3-2-4-6-13;1-2/h2-8,17,25H,9-11H2,1H3,(H,26,27);1-2H3. The van der Waals surface area contributed by atoms with E-state index >= 15 is 0 Å². The van der Waals surface area contributed by atoms with Gasteiger partial charge in [-0.1, -0.05) is 55.8 Å². The highest BCUT2D eigenvalue weighted by molar-refractivity contribution is 6.35. The van der Waals surface area contributed by atoms with Gasteiger partial charge in [-0.2, -0.15) is 0 Å². The molecule has 1 aliphatic heterocycles. The van der Waals surface area contributed by atoms with E-state index in [2.05, 4.69) is 10.6 Å². The number of aryl methyl sites for hydroxylation is 1. The number of amides is 1. The van der Waals surface area contributed by atoms with E-state index in [1.807, 2.05) is 44.2 Å². The largest absolute Gasteiger partial charge is 0.489 e. The first-order valence-electron chi connectivity index (χ1n) is 10.1. The molecule has 8 heteroatoms. The molecule has 1 aliphatic rings. The summed E-state index contributed by atoms with van der Waals surface area (Å²) >= 11 is 6.31. The molecule has 1 saturated heterocycles. The first-order chi connectivity index (χ1) is 14.8. The molecule has 0 spiro atoms. The molecule has 2 aromatic carbocycles. The molecule has 0 bridgehead atoms. The molecule has 4 rings (SSSR count). The Morgan fingerprint density at radius 3 is 2.65 bits per heavy atom. The van der Waals surface area contributed by atoms with E-state index < -0.39 is 24.4 Å². The number of ether oxygens (including phenoxy) is 1. The SMILES string of the molecule is CC.Cc1oc2c(Cl)cc(OCc3ccccc3)cc2c1C(=O)NC1CNCC1(F)F. The first kappa shape index (κ1) is 23.0. The van der Waals surface area contributed by atoms with Gasteiger partial charge in [-0.15, -0.1) is 0 Å². The van der Waals surface area contributed by atoms with Crippen LogP contribution in [-0.4, -0.2) is 31.0 Å². The minimum atomic E-state index is -3.01. The zero-order chi connectivity index (χ0) is 22.6. The molecular formula is C23H25ClF2N2O3. The molecule has 1 fully saturated rings. The summed E-state index contributed by atoms with van der Waals surface area (Å²) in [5.41, 5.74) is 1.47. The number of halogens is 3. The molecule has 31 heavy (non-hydrogen) atoms. The second-order valence-electron chi connectivity index (χ2n) is 7.01. The van der Waals surface area contributed by atoms with E-state index in [0.717, 1.165) is 5.56 Å². The Bertz CT molecular complexity index is 1050. The lowest BCUT2D eigenvalue weighted by molar-refractivity contribution is -0.00247. The molecule has 0 saturated carbocycles. The van der Waals surface area contributed by atoms with E-state index in [0.29, 0.717) is 29.1 Å². The third-order valence-electron chi connectivity index (χ3n) is 4.89. The molecule has 0 radical (unpaired) electrons. The summed E-state index contributed by atoms with van der Waals surface area (Å²) in [6.45, 7) is 5.45. The van der Waals surface area contributed by atoms with Crippen LogP contribution in [0, 0.1) is 6.92 Å². The molecule has 5 nitrogen and oxygen atoms in total. The lowest BCUT2D eigenvalue weighted by Gasteiger charge is -2.19. The third kappa shape index (κ3) is 4.99. The first-order valence-corrected chi connectivity index (χ1v) is 10.5. The van der Waals surface area contributed by atoms with Crippen molar-refractivity contribution in [2.24, 2.45) is 0 Å². The van der Waals surface area contributed by atoms with Gasteiger partial charge < -0.3 is 19.8 Å². The van der Waals surface area contributed by atoms with Crippen molar-refractivity contribution in [1.29, 1.82) is 0 Å². The van der Waals surface area contributed by atoms with Crippen LogP contribution in [0.4, 0.5) is 8.78 Å². The number of fused-ring (bicyclic) bond motifs is 1. The molecular weight excluding hydrogens is 426 g/mol. The molecule has 1 amide bonds. The highest BCUT2D eigenvalue weighted by Gasteiger charge is 2.45. The van der Waals surface area contributed by atoms with Crippen LogP contribution >= 0.6 is 11.6 Å². The highest BCUT2D eigenvalue weighted by Crippen LogP contribution is 2.35. The van der Waals surface area contributed by atoms with Crippen molar-refractivity contribution in [3.63, 3.8) is 0 Å². The number of hydrogen-bond donors (Lipinski definition) is 2. The summed E-state index contributed by atoms with van der Waals surface area (Å²) in [4.78, 5) is 12.8. The van der Waals surface area contributed by atoms with E-state index in [9.17, 15) is 13.6 Å². The second-order valence-corrected chi connectivity index (χ2v) is 7.41. The molecule has 3 aromatic rings. The van der Waals surface area contributed by atoms with E-state index in [4.69, 9.17) is 20.8 Å². The number of hydrogen-bond acceptors (Lipinski definition) is 4. The Kier molecular flexibility index (Phi) is 7.18. The fourth-order valence-corrected chi connectivity index (χ4v) is 3.65. The number of rotatable bonds is 5. The summed E-state index contributed by atoms with van der Waals surface area (Å²) in [6.07, 6.45) is 0. The van der Waals surface area contributed by atoms with Crippen LogP contribution in [0.15, 0.2) is 46.9 Å². The van der Waals surface area contributed by atoms with E-state index in [1.165, 1.54) is 0 Å². The van der Waals surface area contributed by atoms with Crippen molar-refractivity contribution < 1.29 is 22.7 Å². The van der Waals surface area contributed by atoms with Crippen LogP contribution in [0.25, 0.3) is 11.0 Å². The molecule has 166 valence electrons. The van der Waals surface area contributed by atoms with Crippen molar-refractivity contribution in [1.82, 2.24) is 10.6 Å². The van der Waals surface area contributed by atoms with Gasteiger partial charge in [0.05, 0.1) is 17.1 Å². The fraction of sp³-hybridized carbons (Fsp3) is 0.348. The minimum absolute atomic E-state index is 0.000234. The number of nitrogens with one attached hydrogen (secondary N) is 2. The van der Waals surface area contributed by atoms with Crippen LogP contribution < -0.4 is 15.4 Å². The topological polar surface area (TPSA) is 63.5 Å². The maximum absolute atomic E-state index is 13.9. The van der Waals surface area contributed by atoms with Crippen LogP contribution in [0.2, 0.25) is 5.02 Å². The smallest absolute Gasteiger partial charge is 0.281 e. The van der Waals surface area contributed by atoms with Gasteiger partial charge in [0, 0.05) is 18.0 Å². The Hall–Kier alpha value is -2.64. The van der Waals surface area contributed by atoms with E-state index in [1.54, 1.807) is 19.1 Å². The summed E-state index contributed by atoms with van der Waals surface area (Å²) in [5, 5.41) is 5.69. The highest BCUT2D eigenvalue weighted by atomic mass is 35.5. The number of carbonyl (C=O) groups is 1. The van der Waals surface area contributed by atoms with E-state index in [-0.39, 0.29) is 17.1 Å². The Balaban J connectivity index is 0.00000132. The van der Waals surface area contributed by atoms with Gasteiger partial charge >= 0.3 is 0 Å². The molecule has 1 atom stereocenters. The van der Waals surface area contributed by atoms with Crippen molar-refractivity contribution >= 4 is 28.5 Å². The molecule has 0 aliphatic carbocycles. The van der Waals surface area contributed by atoms with Gasteiger partial charge in [0.15, 0.2) is 5.58 Å². The monoisotopic (exact) mass is 450 g/mol. The maximum Gasteiger partial charge on any atom is 0.281 e. The van der Waals surface area contributed by atoms with Crippen molar-refractivity contribution in [2.75, 3.05) is 13.1 Å². The fourth-order valence-electron chi connectivity index (χ4n) is 3.40. The lowest BCUT2D eigenvalue weighted by Crippen LogP contribution is -2.46. The predicted octanol–water partition coefficient (Wildman–Crippen LogP) is 5.34. The number of furan rings is 1. The van der Waals surface area contributed by atoms with Gasteiger partial charge in [-0.3, -0.25) is 4.79 Å². The maximum atomic E-state index is 13.9. The van der Waals surface area contributed by atoms with Crippen molar-refractivity contribution in [3.8, 4) is 5.75 Å². The summed E-state index contributed by atoms with van der Waals surface area (Å²) < 4.78 is 39.2.